The lowest BCUT2D eigenvalue weighted by molar-refractivity contribution is 0.100. The van der Waals surface area contributed by atoms with Crippen molar-refractivity contribution >= 4 is 11.9 Å². The zero-order valence-electron chi connectivity index (χ0n) is 13.9. The first kappa shape index (κ1) is 17.3. The van der Waals surface area contributed by atoms with Crippen molar-refractivity contribution < 1.29 is 9.53 Å². The lowest BCUT2D eigenvalue weighted by atomic mass is 10.1. The molecule has 0 unspecified atom stereocenters. The highest BCUT2D eigenvalue weighted by atomic mass is 16.5. The van der Waals surface area contributed by atoms with Crippen molar-refractivity contribution in [1.29, 1.82) is 0 Å². The fourth-order valence-corrected chi connectivity index (χ4v) is 2.22. The maximum atomic E-state index is 11.1. The number of carbonyl (C=O) groups is 1. The highest BCUT2D eigenvalue weighted by Gasteiger charge is 2.04. The van der Waals surface area contributed by atoms with E-state index in [9.17, 15) is 4.79 Å². The highest BCUT2D eigenvalue weighted by molar-refractivity contribution is 5.92. The largest absolute Gasteiger partial charge is 0.496 e. The van der Waals surface area contributed by atoms with Crippen LogP contribution in [0.2, 0.25) is 0 Å². The van der Waals surface area contributed by atoms with E-state index < -0.39 is 5.91 Å². The molecule has 2 rings (SSSR count). The molecule has 0 aliphatic rings. The summed E-state index contributed by atoms with van der Waals surface area (Å²) in [6, 6.07) is 15.0. The number of aliphatic imine (C=N–C) groups is 1. The lowest BCUT2D eigenvalue weighted by Crippen LogP contribution is -2.36. The zero-order chi connectivity index (χ0) is 17.4. The van der Waals surface area contributed by atoms with Crippen LogP contribution in [0.3, 0.4) is 0 Å². The summed E-state index contributed by atoms with van der Waals surface area (Å²) in [6.07, 6.45) is 0. The summed E-state index contributed by atoms with van der Waals surface area (Å²) in [6.45, 7) is 1.19. The van der Waals surface area contributed by atoms with Gasteiger partial charge < -0.3 is 21.1 Å². The number of nitrogens with one attached hydrogen (secondary N) is 2. The van der Waals surface area contributed by atoms with Gasteiger partial charge in [-0.2, -0.15) is 0 Å². The molecule has 6 heteroatoms. The molecule has 2 aromatic rings. The van der Waals surface area contributed by atoms with Crippen molar-refractivity contribution in [1.82, 2.24) is 10.6 Å². The molecule has 1 amide bonds. The van der Waals surface area contributed by atoms with Gasteiger partial charge in [0.15, 0.2) is 5.96 Å². The molecule has 0 fully saturated rings. The third-order valence-electron chi connectivity index (χ3n) is 3.56. The van der Waals surface area contributed by atoms with Gasteiger partial charge in [0, 0.05) is 31.3 Å². The molecule has 0 bridgehead atoms. The van der Waals surface area contributed by atoms with Crippen LogP contribution in [0.25, 0.3) is 0 Å². The number of hydrogen-bond donors (Lipinski definition) is 3. The number of para-hydroxylation sites is 1. The monoisotopic (exact) mass is 326 g/mol. The molecule has 6 nitrogen and oxygen atoms in total. The van der Waals surface area contributed by atoms with E-state index in [0.29, 0.717) is 24.6 Å². The summed E-state index contributed by atoms with van der Waals surface area (Å²) in [5.41, 5.74) is 7.81. The first-order valence-electron chi connectivity index (χ1n) is 7.59. The molecule has 0 aromatic heterocycles. The Labute approximate surface area is 141 Å². The minimum atomic E-state index is -0.427. The summed E-state index contributed by atoms with van der Waals surface area (Å²) in [5, 5.41) is 6.47. The molecule has 0 aliphatic heterocycles. The maximum Gasteiger partial charge on any atom is 0.248 e. The first-order valence-corrected chi connectivity index (χ1v) is 7.59. The van der Waals surface area contributed by atoms with Crippen LogP contribution >= 0.6 is 0 Å². The van der Waals surface area contributed by atoms with Gasteiger partial charge in [-0.05, 0) is 23.8 Å². The Kier molecular flexibility index (Phi) is 6.19. The number of ether oxygens (including phenoxy) is 1. The minimum Gasteiger partial charge on any atom is -0.496 e. The third-order valence-corrected chi connectivity index (χ3v) is 3.56. The normalized spacial score (nSPS) is 11.0. The molecule has 24 heavy (non-hydrogen) atoms. The second-order valence-electron chi connectivity index (χ2n) is 5.15. The van der Waals surface area contributed by atoms with E-state index in [1.807, 2.05) is 36.4 Å². The van der Waals surface area contributed by atoms with E-state index in [0.717, 1.165) is 16.9 Å². The van der Waals surface area contributed by atoms with Gasteiger partial charge in [-0.15, -0.1) is 0 Å². The van der Waals surface area contributed by atoms with Crippen LogP contribution in [-0.4, -0.2) is 26.0 Å². The van der Waals surface area contributed by atoms with Crippen molar-refractivity contribution in [3.05, 3.63) is 65.2 Å². The van der Waals surface area contributed by atoms with Gasteiger partial charge in [0.05, 0.1) is 7.11 Å². The molecule has 126 valence electrons. The number of methoxy groups -OCH3 is 1. The predicted molar refractivity (Wildman–Crippen MR) is 95.0 cm³/mol. The third kappa shape index (κ3) is 4.74. The van der Waals surface area contributed by atoms with Crippen LogP contribution in [0.5, 0.6) is 5.75 Å². The molecular weight excluding hydrogens is 304 g/mol. The van der Waals surface area contributed by atoms with E-state index in [4.69, 9.17) is 10.5 Å². The standard InChI is InChI=1S/C18H22N4O2/c1-20-18(22-12-15-5-3-4-6-16(15)24-2)21-11-13-7-9-14(10-8-13)17(19)23/h3-10H,11-12H2,1-2H3,(H2,19,23)(H2,20,21,22). The van der Waals surface area contributed by atoms with Gasteiger partial charge in [0.2, 0.25) is 5.91 Å². The SMILES string of the molecule is CN=C(NCc1ccc(C(N)=O)cc1)NCc1ccccc1OC. The van der Waals surface area contributed by atoms with Crippen LogP contribution in [0.1, 0.15) is 21.5 Å². The second-order valence-corrected chi connectivity index (χ2v) is 5.15. The molecule has 0 aliphatic carbocycles. The number of primary amides is 1. The smallest absolute Gasteiger partial charge is 0.248 e. The van der Waals surface area contributed by atoms with E-state index in [1.165, 1.54) is 0 Å². The van der Waals surface area contributed by atoms with Crippen LogP contribution < -0.4 is 21.1 Å². The summed E-state index contributed by atoms with van der Waals surface area (Å²) < 4.78 is 5.33. The maximum absolute atomic E-state index is 11.1. The van der Waals surface area contributed by atoms with Crippen molar-refractivity contribution in [3.63, 3.8) is 0 Å². The fourth-order valence-electron chi connectivity index (χ4n) is 2.22. The second kappa shape index (κ2) is 8.57. The Morgan fingerprint density at radius 2 is 1.75 bits per heavy atom. The van der Waals surface area contributed by atoms with Gasteiger partial charge >= 0.3 is 0 Å². The van der Waals surface area contributed by atoms with E-state index in [1.54, 1.807) is 26.3 Å². The number of guanidine groups is 1. The van der Waals surface area contributed by atoms with Crippen molar-refractivity contribution in [2.24, 2.45) is 10.7 Å². The van der Waals surface area contributed by atoms with Gasteiger partial charge in [0.1, 0.15) is 5.75 Å². The molecule has 2 aromatic carbocycles. The average molecular weight is 326 g/mol. The molecular formula is C18H22N4O2. The fraction of sp³-hybridized carbons (Fsp3) is 0.222. The van der Waals surface area contributed by atoms with Gasteiger partial charge in [-0.3, -0.25) is 9.79 Å². The van der Waals surface area contributed by atoms with E-state index in [2.05, 4.69) is 15.6 Å². The summed E-state index contributed by atoms with van der Waals surface area (Å²) in [4.78, 5) is 15.3. The van der Waals surface area contributed by atoms with Crippen LogP contribution in [0.4, 0.5) is 0 Å². The quantitative estimate of drug-likeness (QED) is 0.556. The number of nitrogens with zero attached hydrogens (tertiary/aromatic N) is 1. The van der Waals surface area contributed by atoms with Crippen LogP contribution in [0, 0.1) is 0 Å². The number of nitrogens with two attached hydrogens (primary N) is 1. The molecule has 4 N–H and O–H groups in total. The average Bonchev–Trinajstić information content (AvgIpc) is 2.62. The number of benzene rings is 2. The molecule has 0 spiro atoms. The summed E-state index contributed by atoms with van der Waals surface area (Å²) >= 11 is 0. The molecule has 0 atom stereocenters. The van der Waals surface area contributed by atoms with Gasteiger partial charge in [0.25, 0.3) is 0 Å². The first-order chi connectivity index (χ1) is 11.6. The molecule has 0 radical (unpaired) electrons. The topological polar surface area (TPSA) is 88.7 Å². The molecule has 0 saturated carbocycles. The van der Waals surface area contributed by atoms with E-state index in [-0.39, 0.29) is 0 Å². The Balaban J connectivity index is 1.89. The van der Waals surface area contributed by atoms with Crippen molar-refractivity contribution in [3.8, 4) is 5.75 Å². The molecule has 0 saturated heterocycles. The summed E-state index contributed by atoms with van der Waals surface area (Å²) in [5.74, 6) is 1.09. The van der Waals surface area contributed by atoms with Gasteiger partial charge in [-0.25, -0.2) is 0 Å². The Morgan fingerprint density at radius 1 is 1.08 bits per heavy atom. The van der Waals surface area contributed by atoms with Crippen molar-refractivity contribution in [2.75, 3.05) is 14.2 Å². The van der Waals surface area contributed by atoms with Crippen LogP contribution in [0.15, 0.2) is 53.5 Å². The summed E-state index contributed by atoms with van der Waals surface area (Å²) in [7, 11) is 3.37. The van der Waals surface area contributed by atoms with Gasteiger partial charge in [-0.1, -0.05) is 30.3 Å². The van der Waals surface area contributed by atoms with Crippen molar-refractivity contribution in [2.45, 2.75) is 13.1 Å². The molecule has 0 heterocycles. The Bertz CT molecular complexity index is 711. The number of amides is 1. The highest BCUT2D eigenvalue weighted by Crippen LogP contribution is 2.16. The predicted octanol–water partition coefficient (Wildman–Crippen LogP) is 1.66. The lowest BCUT2D eigenvalue weighted by Gasteiger charge is -2.14. The Morgan fingerprint density at radius 3 is 2.38 bits per heavy atom. The van der Waals surface area contributed by atoms with Crippen LogP contribution in [-0.2, 0) is 13.1 Å². The Hall–Kier alpha value is -3.02. The zero-order valence-corrected chi connectivity index (χ0v) is 13.9. The number of carbonyl (C=O) groups excluding carboxylic acids is 1. The van der Waals surface area contributed by atoms with E-state index >= 15 is 0 Å². The minimum absolute atomic E-state index is 0.427. The number of hydrogen-bond acceptors (Lipinski definition) is 3. The number of rotatable bonds is 6.